The highest BCUT2D eigenvalue weighted by Crippen LogP contribution is 2.26. The second kappa shape index (κ2) is 15.0. The quantitative estimate of drug-likeness (QED) is 0.187. The minimum Gasteiger partial charge on any atom is -0.354 e. The van der Waals surface area contributed by atoms with Gasteiger partial charge in [0.1, 0.15) is 12.6 Å². The standard InChI is InChI=1S/C34H36BrN3O4S/c1-3-22-36-34(40)32(23-27-10-6-4-7-11-27)37(24-28-16-14-26(2)15-17-28)33(39)25-38(30-20-18-29(35)19-21-30)43(41,42)31-12-8-5-9-13-31/h4-21,32H,3,22-25H2,1-2H3,(H,36,40). The van der Waals surface area contributed by atoms with Crippen LogP contribution in [0.3, 0.4) is 0 Å². The summed E-state index contributed by atoms with van der Waals surface area (Å²) >= 11 is 3.41. The van der Waals surface area contributed by atoms with E-state index in [0.29, 0.717) is 12.2 Å². The van der Waals surface area contributed by atoms with Gasteiger partial charge in [-0.2, -0.15) is 0 Å². The Kier molecular flexibility index (Phi) is 11.1. The number of anilines is 1. The molecular weight excluding hydrogens is 626 g/mol. The van der Waals surface area contributed by atoms with Crippen molar-refractivity contribution in [3.63, 3.8) is 0 Å². The third kappa shape index (κ3) is 8.55. The molecule has 0 bridgehead atoms. The topological polar surface area (TPSA) is 86.8 Å². The molecule has 224 valence electrons. The van der Waals surface area contributed by atoms with Crippen LogP contribution in [0.5, 0.6) is 0 Å². The van der Waals surface area contributed by atoms with Crippen LogP contribution >= 0.6 is 15.9 Å². The molecule has 0 aliphatic carbocycles. The lowest BCUT2D eigenvalue weighted by molar-refractivity contribution is -0.140. The number of nitrogens with zero attached hydrogens (tertiary/aromatic N) is 2. The number of carbonyl (C=O) groups excluding carboxylic acids is 2. The summed E-state index contributed by atoms with van der Waals surface area (Å²) in [6, 6.07) is 31.2. The van der Waals surface area contributed by atoms with Gasteiger partial charge in [0, 0.05) is 24.0 Å². The number of hydrogen-bond acceptors (Lipinski definition) is 4. The molecule has 0 aromatic heterocycles. The van der Waals surface area contributed by atoms with E-state index in [4.69, 9.17) is 0 Å². The predicted octanol–water partition coefficient (Wildman–Crippen LogP) is 6.12. The monoisotopic (exact) mass is 661 g/mol. The van der Waals surface area contributed by atoms with Gasteiger partial charge in [-0.05, 0) is 60.9 Å². The van der Waals surface area contributed by atoms with Crippen LogP contribution in [0.15, 0.2) is 119 Å². The highest BCUT2D eigenvalue weighted by molar-refractivity contribution is 9.10. The minimum absolute atomic E-state index is 0.0670. The van der Waals surface area contributed by atoms with E-state index in [9.17, 15) is 18.0 Å². The zero-order valence-corrected chi connectivity index (χ0v) is 26.7. The zero-order valence-electron chi connectivity index (χ0n) is 24.3. The van der Waals surface area contributed by atoms with Gasteiger partial charge in [-0.1, -0.05) is 101 Å². The summed E-state index contributed by atoms with van der Waals surface area (Å²) in [6.07, 6.45) is 1.01. The summed E-state index contributed by atoms with van der Waals surface area (Å²) in [5.74, 6) is -0.775. The van der Waals surface area contributed by atoms with Crippen LogP contribution in [-0.4, -0.2) is 44.3 Å². The fraction of sp³-hybridized carbons (Fsp3) is 0.235. The predicted molar refractivity (Wildman–Crippen MR) is 174 cm³/mol. The average molecular weight is 663 g/mol. The molecule has 43 heavy (non-hydrogen) atoms. The first kappa shape index (κ1) is 32.0. The Morgan fingerprint density at radius 3 is 2.02 bits per heavy atom. The molecule has 1 atom stereocenters. The van der Waals surface area contributed by atoms with Crippen LogP contribution in [0.25, 0.3) is 0 Å². The summed E-state index contributed by atoms with van der Waals surface area (Å²) in [4.78, 5) is 29.6. The van der Waals surface area contributed by atoms with Crippen LogP contribution in [0, 0.1) is 6.92 Å². The van der Waals surface area contributed by atoms with Gasteiger partial charge >= 0.3 is 0 Å². The van der Waals surface area contributed by atoms with Gasteiger partial charge in [-0.15, -0.1) is 0 Å². The van der Waals surface area contributed by atoms with E-state index in [1.54, 1.807) is 42.5 Å². The molecule has 0 fully saturated rings. The molecule has 0 spiro atoms. The first-order valence-electron chi connectivity index (χ1n) is 14.2. The third-order valence-electron chi connectivity index (χ3n) is 7.02. The van der Waals surface area contributed by atoms with Crippen molar-refractivity contribution in [1.82, 2.24) is 10.2 Å². The Hall–Kier alpha value is -3.95. The van der Waals surface area contributed by atoms with Crippen LogP contribution in [0.4, 0.5) is 5.69 Å². The van der Waals surface area contributed by atoms with Gasteiger partial charge in [-0.3, -0.25) is 13.9 Å². The highest BCUT2D eigenvalue weighted by atomic mass is 79.9. The molecule has 9 heteroatoms. The van der Waals surface area contributed by atoms with E-state index in [2.05, 4.69) is 21.2 Å². The summed E-state index contributed by atoms with van der Waals surface area (Å²) in [7, 11) is -4.12. The van der Waals surface area contributed by atoms with E-state index in [1.807, 2.05) is 68.4 Å². The number of sulfonamides is 1. The normalized spacial score (nSPS) is 11.9. The van der Waals surface area contributed by atoms with Crippen molar-refractivity contribution in [2.75, 3.05) is 17.4 Å². The Labute approximate surface area is 262 Å². The number of aryl methyl sites for hydroxylation is 1. The molecular formula is C34H36BrN3O4S. The number of rotatable bonds is 13. The van der Waals surface area contributed by atoms with Crippen molar-refractivity contribution >= 4 is 43.5 Å². The Bertz CT molecular complexity index is 1600. The fourth-order valence-corrected chi connectivity index (χ4v) is 6.37. The maximum absolute atomic E-state index is 14.4. The van der Waals surface area contributed by atoms with Gasteiger partial charge in [-0.25, -0.2) is 8.42 Å². The molecule has 0 aliphatic heterocycles. The van der Waals surface area contributed by atoms with E-state index in [0.717, 1.165) is 31.9 Å². The number of halogens is 1. The largest absolute Gasteiger partial charge is 0.354 e. The second-order valence-electron chi connectivity index (χ2n) is 10.3. The van der Waals surface area contributed by atoms with E-state index >= 15 is 0 Å². The Morgan fingerprint density at radius 1 is 0.814 bits per heavy atom. The summed E-state index contributed by atoms with van der Waals surface area (Å²) in [6.45, 7) is 4.05. The smallest absolute Gasteiger partial charge is 0.264 e. The van der Waals surface area contributed by atoms with Crippen LogP contribution in [-0.2, 0) is 32.6 Å². The van der Waals surface area contributed by atoms with Gasteiger partial charge in [0.15, 0.2) is 0 Å². The maximum Gasteiger partial charge on any atom is 0.264 e. The van der Waals surface area contributed by atoms with Gasteiger partial charge in [0.05, 0.1) is 10.6 Å². The Morgan fingerprint density at radius 2 is 1.42 bits per heavy atom. The summed E-state index contributed by atoms with van der Waals surface area (Å²) < 4.78 is 29.8. The molecule has 7 nitrogen and oxygen atoms in total. The van der Waals surface area contributed by atoms with Crippen molar-refractivity contribution in [3.8, 4) is 0 Å². The first-order chi connectivity index (χ1) is 20.7. The molecule has 4 aromatic carbocycles. The number of benzene rings is 4. The van der Waals surface area contributed by atoms with Gasteiger partial charge < -0.3 is 10.2 Å². The van der Waals surface area contributed by atoms with Crippen molar-refractivity contribution in [1.29, 1.82) is 0 Å². The van der Waals surface area contributed by atoms with Crippen molar-refractivity contribution in [3.05, 3.63) is 130 Å². The van der Waals surface area contributed by atoms with E-state index in [1.165, 1.54) is 17.0 Å². The molecule has 0 radical (unpaired) electrons. The lowest BCUT2D eigenvalue weighted by atomic mass is 10.0. The van der Waals surface area contributed by atoms with E-state index < -0.39 is 28.5 Å². The van der Waals surface area contributed by atoms with Gasteiger partial charge in [0.2, 0.25) is 11.8 Å². The molecule has 1 N–H and O–H groups in total. The van der Waals surface area contributed by atoms with Crippen molar-refractivity contribution < 1.29 is 18.0 Å². The van der Waals surface area contributed by atoms with Gasteiger partial charge in [0.25, 0.3) is 10.0 Å². The third-order valence-corrected chi connectivity index (χ3v) is 9.34. The summed E-state index contributed by atoms with van der Waals surface area (Å²) in [5, 5.41) is 2.96. The summed E-state index contributed by atoms with van der Waals surface area (Å²) in [5.41, 5.74) is 3.13. The minimum atomic E-state index is -4.12. The number of hydrogen-bond donors (Lipinski definition) is 1. The van der Waals surface area contributed by atoms with Crippen molar-refractivity contribution in [2.45, 2.75) is 44.2 Å². The van der Waals surface area contributed by atoms with Crippen LogP contribution in [0.2, 0.25) is 0 Å². The molecule has 0 saturated carbocycles. The molecule has 0 heterocycles. The molecule has 4 aromatic rings. The molecule has 0 saturated heterocycles. The average Bonchev–Trinajstić information content (AvgIpc) is 3.02. The number of amides is 2. The fourth-order valence-electron chi connectivity index (χ4n) is 4.67. The lowest BCUT2D eigenvalue weighted by Gasteiger charge is -2.34. The second-order valence-corrected chi connectivity index (χ2v) is 13.1. The Balaban J connectivity index is 1.78. The molecule has 4 rings (SSSR count). The maximum atomic E-state index is 14.4. The first-order valence-corrected chi connectivity index (χ1v) is 16.4. The van der Waals surface area contributed by atoms with Crippen LogP contribution in [0.1, 0.15) is 30.0 Å². The molecule has 1 unspecified atom stereocenters. The van der Waals surface area contributed by atoms with E-state index in [-0.39, 0.29) is 23.8 Å². The molecule has 2 amide bonds. The zero-order chi connectivity index (χ0) is 30.8. The lowest BCUT2D eigenvalue weighted by Crippen LogP contribution is -2.53. The number of carbonyl (C=O) groups is 2. The van der Waals surface area contributed by atoms with Crippen molar-refractivity contribution in [2.24, 2.45) is 0 Å². The molecule has 0 aliphatic rings. The van der Waals surface area contributed by atoms with Crippen LogP contribution < -0.4 is 9.62 Å². The SMILES string of the molecule is CCCNC(=O)C(Cc1ccccc1)N(Cc1ccc(C)cc1)C(=O)CN(c1ccc(Br)cc1)S(=O)(=O)c1ccccc1. The number of nitrogens with one attached hydrogen (secondary N) is 1. The highest BCUT2D eigenvalue weighted by Gasteiger charge is 2.34.